The minimum atomic E-state index is -5.46. The summed E-state index contributed by atoms with van der Waals surface area (Å²) >= 11 is 0. The minimum absolute atomic E-state index is 0.150. The average Bonchev–Trinajstić information content (AvgIpc) is 2.86. The van der Waals surface area contributed by atoms with Gasteiger partial charge in [0.1, 0.15) is 12.3 Å². The smallest absolute Gasteiger partial charge is 0.390 e. The second-order valence-electron chi connectivity index (χ2n) is 5.92. The van der Waals surface area contributed by atoms with E-state index in [-0.39, 0.29) is 12.0 Å². The molecule has 19 heteroatoms. The maximum absolute atomic E-state index is 11.9. The molecule has 1 fully saturated rings. The van der Waals surface area contributed by atoms with Crippen molar-refractivity contribution >= 4 is 23.3 Å². The van der Waals surface area contributed by atoms with Crippen LogP contribution in [-0.2, 0) is 27.3 Å². The van der Waals surface area contributed by atoms with Gasteiger partial charge >= 0.3 is 29.0 Å². The largest absolute Gasteiger partial charge is 0.477 e. The van der Waals surface area contributed by atoms with Crippen molar-refractivity contribution in [2.24, 2.45) is 0 Å². The van der Waals surface area contributed by atoms with Crippen molar-refractivity contribution in [3.8, 4) is 0 Å². The highest BCUT2D eigenvalue weighted by Crippen LogP contribution is 2.60. The lowest BCUT2D eigenvalue weighted by Crippen LogP contribution is -2.33. The van der Waals surface area contributed by atoms with Crippen LogP contribution >= 0.6 is 23.3 Å². The standard InChI is InChI=1S/C10H18N3O13P3/c1-5-3-13(10(16)11-9(5)15)8-2-6(14)7(25-8)4-24-27(17,18)12-28(19,20)26-29(21,22)23/h3,6-8,14H,2,4H2,1H3,(H,11,15,16)(H2,21,22,23)(H3,12,17,18,19,20)/t6-,7+,8+/m0/s1. The molecule has 0 amide bonds. The van der Waals surface area contributed by atoms with Crippen molar-refractivity contribution in [2.45, 2.75) is 31.8 Å². The van der Waals surface area contributed by atoms with E-state index in [9.17, 15) is 33.3 Å². The quantitative estimate of drug-likeness (QED) is 0.207. The zero-order valence-electron chi connectivity index (χ0n) is 14.5. The number of aromatic nitrogens is 2. The van der Waals surface area contributed by atoms with Gasteiger partial charge in [0.25, 0.3) is 5.56 Å². The van der Waals surface area contributed by atoms with Crippen LogP contribution in [0.25, 0.3) is 0 Å². The van der Waals surface area contributed by atoms with E-state index in [1.54, 1.807) is 0 Å². The Balaban J connectivity index is 2.03. The zero-order chi connectivity index (χ0) is 22.2. The molecule has 2 heterocycles. The Morgan fingerprint density at radius 2 is 1.86 bits per heavy atom. The molecule has 1 aliphatic heterocycles. The second kappa shape index (κ2) is 8.63. The number of phosphoric acid groups is 1. The molecule has 1 aromatic rings. The molecule has 5 atom stereocenters. The molecule has 0 bridgehead atoms. The Hall–Kier alpha value is -0.990. The van der Waals surface area contributed by atoms with E-state index < -0.39 is 59.6 Å². The number of aryl methyl sites for hydroxylation is 1. The third kappa shape index (κ3) is 7.03. The van der Waals surface area contributed by atoms with Gasteiger partial charge in [0.2, 0.25) is 0 Å². The lowest BCUT2D eigenvalue weighted by molar-refractivity contribution is -0.0427. The fourth-order valence-corrected chi connectivity index (χ4v) is 5.85. The molecule has 1 saturated heterocycles. The van der Waals surface area contributed by atoms with Crippen LogP contribution in [0.2, 0.25) is 0 Å². The van der Waals surface area contributed by atoms with Gasteiger partial charge in [-0.25, -0.2) is 18.5 Å². The number of rotatable bonds is 8. The minimum Gasteiger partial charge on any atom is -0.390 e. The van der Waals surface area contributed by atoms with Crippen molar-refractivity contribution in [3.05, 3.63) is 32.6 Å². The third-order valence-corrected chi connectivity index (χ3v) is 7.80. The Kier molecular flexibility index (Phi) is 7.23. The lowest BCUT2D eigenvalue weighted by atomic mass is 10.2. The summed E-state index contributed by atoms with van der Waals surface area (Å²) in [7, 11) is -16.0. The molecule has 0 aliphatic carbocycles. The maximum Gasteiger partial charge on any atom is 0.477 e. The summed E-state index contributed by atoms with van der Waals surface area (Å²) in [5.41, 5.74) is -1.23. The highest BCUT2D eigenvalue weighted by molar-refractivity contribution is 7.70. The number of hydrogen-bond acceptors (Lipinski definition) is 9. The lowest BCUT2D eigenvalue weighted by Gasteiger charge is -2.20. The average molecular weight is 481 g/mol. The van der Waals surface area contributed by atoms with Crippen LogP contribution < -0.4 is 16.1 Å². The SMILES string of the molecule is Cc1cn([C@H]2C[C@H](O)[C@@H](COP(=O)(O)NP(=O)(O)OP(=O)(O)O)O2)c(=O)[nH]c1=O. The van der Waals surface area contributed by atoms with Gasteiger partial charge < -0.3 is 29.4 Å². The molecule has 0 saturated carbocycles. The van der Waals surface area contributed by atoms with E-state index in [1.807, 2.05) is 4.98 Å². The van der Waals surface area contributed by atoms with Gasteiger partial charge in [-0.15, -0.1) is 4.86 Å². The van der Waals surface area contributed by atoms with Crippen LogP contribution in [0, 0.1) is 6.92 Å². The van der Waals surface area contributed by atoms with E-state index in [4.69, 9.17) is 19.4 Å². The van der Waals surface area contributed by atoms with Gasteiger partial charge in [-0.05, 0) is 6.92 Å². The highest BCUT2D eigenvalue weighted by atomic mass is 31.3. The van der Waals surface area contributed by atoms with E-state index in [0.717, 1.165) is 9.42 Å². The molecule has 1 aromatic heterocycles. The zero-order valence-corrected chi connectivity index (χ0v) is 17.2. The van der Waals surface area contributed by atoms with Crippen LogP contribution in [0.4, 0.5) is 0 Å². The Bertz CT molecular complexity index is 1010. The molecule has 0 radical (unpaired) electrons. The van der Waals surface area contributed by atoms with Crippen LogP contribution in [0.1, 0.15) is 18.2 Å². The molecule has 0 aromatic carbocycles. The van der Waals surface area contributed by atoms with Crippen molar-refractivity contribution in [1.82, 2.24) is 14.4 Å². The summed E-state index contributed by atoms with van der Waals surface area (Å²) in [6.45, 7) is 0.618. The fourth-order valence-electron chi connectivity index (χ4n) is 2.36. The predicted molar refractivity (Wildman–Crippen MR) is 92.5 cm³/mol. The number of nitrogens with one attached hydrogen (secondary N) is 2. The number of H-pyrrole nitrogens is 1. The van der Waals surface area contributed by atoms with E-state index >= 15 is 0 Å². The molecule has 2 rings (SSSR count). The van der Waals surface area contributed by atoms with Crippen LogP contribution in [0.5, 0.6) is 0 Å². The summed E-state index contributed by atoms with van der Waals surface area (Å²) in [6, 6.07) is 0. The highest BCUT2D eigenvalue weighted by Gasteiger charge is 2.41. The van der Waals surface area contributed by atoms with Crippen LogP contribution in [0.15, 0.2) is 15.8 Å². The summed E-state index contributed by atoms with van der Waals surface area (Å²) in [4.78, 5) is 62.0. The topological polar surface area (TPSA) is 247 Å². The van der Waals surface area contributed by atoms with E-state index in [2.05, 4.69) is 8.83 Å². The maximum atomic E-state index is 11.9. The van der Waals surface area contributed by atoms with Gasteiger partial charge in [-0.2, -0.15) is 4.31 Å². The van der Waals surface area contributed by atoms with Gasteiger partial charge in [0.15, 0.2) is 0 Å². The van der Waals surface area contributed by atoms with Crippen molar-refractivity contribution in [3.63, 3.8) is 0 Å². The van der Waals surface area contributed by atoms with Gasteiger partial charge in [-0.1, -0.05) is 0 Å². The fraction of sp³-hybridized carbons (Fsp3) is 0.600. The molecule has 7 N–H and O–H groups in total. The van der Waals surface area contributed by atoms with Crippen molar-refractivity contribution < 1.29 is 51.9 Å². The van der Waals surface area contributed by atoms with Crippen molar-refractivity contribution in [1.29, 1.82) is 0 Å². The Morgan fingerprint density at radius 1 is 1.24 bits per heavy atom. The number of aliphatic hydroxyl groups is 1. The first-order chi connectivity index (χ1) is 13.1. The first-order valence-corrected chi connectivity index (χ1v) is 12.3. The normalized spacial score (nSPS) is 26.8. The summed E-state index contributed by atoms with van der Waals surface area (Å²) in [5.74, 6) is 0. The predicted octanol–water partition coefficient (Wildman–Crippen LogP) is -1.59. The molecule has 166 valence electrons. The summed E-state index contributed by atoms with van der Waals surface area (Å²) in [5, 5.41) is 10.0. The number of ether oxygens (including phenoxy) is 1. The van der Waals surface area contributed by atoms with E-state index in [1.165, 1.54) is 13.1 Å². The molecule has 2 unspecified atom stereocenters. The molecule has 1 aliphatic rings. The Morgan fingerprint density at radius 3 is 2.45 bits per heavy atom. The number of aromatic amines is 1. The van der Waals surface area contributed by atoms with Gasteiger partial charge in [0, 0.05) is 18.2 Å². The van der Waals surface area contributed by atoms with E-state index in [0.29, 0.717) is 0 Å². The first-order valence-electron chi connectivity index (χ1n) is 7.61. The first kappa shape index (κ1) is 24.3. The van der Waals surface area contributed by atoms with Gasteiger partial charge in [-0.3, -0.25) is 18.9 Å². The second-order valence-corrected chi connectivity index (χ2v) is 10.7. The van der Waals surface area contributed by atoms with Crippen LogP contribution in [-0.4, -0.2) is 53.0 Å². The van der Waals surface area contributed by atoms with Crippen molar-refractivity contribution in [2.75, 3.05) is 6.61 Å². The van der Waals surface area contributed by atoms with Crippen LogP contribution in [0.3, 0.4) is 0 Å². The molecular weight excluding hydrogens is 463 g/mol. The summed E-state index contributed by atoms with van der Waals surface area (Å²) < 4.78 is 48.1. The molecule has 0 spiro atoms. The molecule has 16 nitrogen and oxygen atoms in total. The number of aliphatic hydroxyl groups excluding tert-OH is 1. The third-order valence-electron chi connectivity index (χ3n) is 3.54. The number of nitrogens with zero attached hydrogens (tertiary/aromatic N) is 1. The molecule has 29 heavy (non-hydrogen) atoms. The molecular formula is C10H18N3O13P3. The van der Waals surface area contributed by atoms with Gasteiger partial charge in [0.05, 0.1) is 12.7 Å². The number of hydrogen-bond donors (Lipinski definition) is 7. The monoisotopic (exact) mass is 481 g/mol. The Labute approximate surface area is 161 Å². The summed E-state index contributed by atoms with van der Waals surface area (Å²) in [6.07, 6.45) is -2.55.